The van der Waals surface area contributed by atoms with Crippen LogP contribution in [0.1, 0.15) is 32.6 Å². The number of nitrogens with zero attached hydrogens (tertiary/aromatic N) is 3. The number of thioether (sulfide) groups is 1. The van der Waals surface area contributed by atoms with Gasteiger partial charge in [-0.3, -0.25) is 19.1 Å². The highest BCUT2D eigenvalue weighted by Gasteiger charge is 2.32. The predicted molar refractivity (Wildman–Crippen MR) is 115 cm³/mol. The first-order chi connectivity index (χ1) is 13.5. The molecule has 6 heteroatoms. The molecule has 0 spiro atoms. The highest BCUT2D eigenvalue weighted by Crippen LogP contribution is 2.35. The number of Topliss-reactive ketones (excluding diaryl/α,β-unsaturated/α-hetero) is 1. The molecule has 2 heterocycles. The molecule has 28 heavy (non-hydrogen) atoms. The summed E-state index contributed by atoms with van der Waals surface area (Å²) in [7, 11) is 0. The van der Waals surface area contributed by atoms with Crippen LogP contribution in [-0.4, -0.2) is 32.2 Å². The number of aliphatic imine (C=N–C) groups is 1. The minimum absolute atomic E-state index is 0.0161. The van der Waals surface area contributed by atoms with E-state index in [4.69, 9.17) is 0 Å². The largest absolute Gasteiger partial charge is 0.298 e. The molecule has 2 aromatic rings. The van der Waals surface area contributed by atoms with Crippen molar-refractivity contribution in [2.45, 2.75) is 49.8 Å². The summed E-state index contributed by atoms with van der Waals surface area (Å²) in [6.45, 7) is 6.79. The van der Waals surface area contributed by atoms with E-state index in [0.717, 1.165) is 31.2 Å². The molecule has 146 valence electrons. The Bertz CT molecular complexity index is 989. The number of fused-ring (bicyclic) bond motifs is 1. The molecule has 0 amide bonds. The van der Waals surface area contributed by atoms with Gasteiger partial charge in [-0.1, -0.05) is 18.7 Å². The van der Waals surface area contributed by atoms with E-state index in [2.05, 4.69) is 23.5 Å². The Morgan fingerprint density at radius 2 is 2.00 bits per heavy atom. The molecule has 1 aliphatic heterocycles. The van der Waals surface area contributed by atoms with Crippen LogP contribution in [-0.2, 0) is 11.3 Å². The lowest BCUT2D eigenvalue weighted by molar-refractivity contribution is -0.120. The van der Waals surface area contributed by atoms with Gasteiger partial charge in [0.1, 0.15) is 5.37 Å². The van der Waals surface area contributed by atoms with E-state index in [-0.39, 0.29) is 22.6 Å². The summed E-state index contributed by atoms with van der Waals surface area (Å²) in [5.41, 5.74) is 1.39. The van der Waals surface area contributed by atoms with Crippen molar-refractivity contribution >= 4 is 34.7 Å². The van der Waals surface area contributed by atoms with Crippen molar-refractivity contribution in [3.05, 3.63) is 53.1 Å². The van der Waals surface area contributed by atoms with Crippen molar-refractivity contribution in [2.75, 3.05) is 0 Å². The van der Waals surface area contributed by atoms with Gasteiger partial charge in [0.25, 0.3) is 5.56 Å². The summed E-state index contributed by atoms with van der Waals surface area (Å²) >= 11 is 1.68. The number of hydrogen-bond acceptors (Lipinski definition) is 5. The number of aromatic nitrogens is 2. The summed E-state index contributed by atoms with van der Waals surface area (Å²) in [6.07, 6.45) is 7.16. The van der Waals surface area contributed by atoms with E-state index in [9.17, 15) is 9.59 Å². The second-order valence-corrected chi connectivity index (χ2v) is 9.28. The Morgan fingerprint density at radius 1 is 1.25 bits per heavy atom. The summed E-state index contributed by atoms with van der Waals surface area (Å²) < 4.78 is 1.72. The first-order valence-electron chi connectivity index (χ1n) is 9.89. The van der Waals surface area contributed by atoms with Crippen LogP contribution < -0.4 is 5.56 Å². The van der Waals surface area contributed by atoms with Gasteiger partial charge in [-0.05, 0) is 50.7 Å². The third-order valence-electron chi connectivity index (χ3n) is 5.79. The SMILES string of the molecule is C=C(C(=O)C1CCC(Cn2cnc3ccccc3c2=O)CC1)C1N=CC(C)S1. The number of ketones is 1. The van der Waals surface area contributed by atoms with E-state index in [1.54, 1.807) is 22.7 Å². The Hall–Kier alpha value is -2.21. The predicted octanol–water partition coefficient (Wildman–Crippen LogP) is 3.86. The van der Waals surface area contributed by atoms with Gasteiger partial charge >= 0.3 is 0 Å². The van der Waals surface area contributed by atoms with Gasteiger partial charge in [0.2, 0.25) is 0 Å². The second-order valence-electron chi connectivity index (χ2n) is 7.82. The molecular formula is C22H25N3O2S. The van der Waals surface area contributed by atoms with E-state index >= 15 is 0 Å². The highest BCUT2D eigenvalue weighted by molar-refractivity contribution is 8.01. The molecule has 1 fully saturated rings. The topological polar surface area (TPSA) is 64.3 Å². The van der Waals surface area contributed by atoms with Gasteiger partial charge in [-0.15, -0.1) is 11.8 Å². The normalized spacial score (nSPS) is 27.2. The molecule has 2 aliphatic rings. The summed E-state index contributed by atoms with van der Waals surface area (Å²) in [5.74, 6) is 0.616. The number of para-hydroxylation sites is 1. The number of hydrogen-bond donors (Lipinski definition) is 0. The first kappa shape index (κ1) is 19.1. The quantitative estimate of drug-likeness (QED) is 0.721. The Kier molecular flexibility index (Phi) is 5.49. The van der Waals surface area contributed by atoms with Crippen molar-refractivity contribution in [1.82, 2.24) is 9.55 Å². The highest BCUT2D eigenvalue weighted by atomic mass is 32.2. The Labute approximate surface area is 169 Å². The lowest BCUT2D eigenvalue weighted by Gasteiger charge is -2.29. The lowest BCUT2D eigenvalue weighted by Crippen LogP contribution is -2.29. The smallest absolute Gasteiger partial charge is 0.261 e. The number of carbonyl (C=O) groups is 1. The Morgan fingerprint density at radius 3 is 2.71 bits per heavy atom. The first-order valence-corrected chi connectivity index (χ1v) is 10.8. The van der Waals surface area contributed by atoms with Gasteiger partial charge in [-0.2, -0.15) is 0 Å². The molecule has 1 aromatic carbocycles. The van der Waals surface area contributed by atoms with Gasteiger partial charge < -0.3 is 0 Å². The monoisotopic (exact) mass is 395 g/mol. The van der Waals surface area contributed by atoms with E-state index in [0.29, 0.717) is 28.7 Å². The maximum Gasteiger partial charge on any atom is 0.261 e. The van der Waals surface area contributed by atoms with E-state index in [1.807, 2.05) is 30.5 Å². The fourth-order valence-electron chi connectivity index (χ4n) is 4.15. The standard InChI is InChI=1S/C22H25N3O2S/c1-14-11-23-21(28-14)15(2)20(26)17-9-7-16(8-10-17)12-25-13-24-19-6-4-3-5-18(19)22(25)27/h3-6,11,13-14,16-17,21H,2,7-10,12H2,1H3. The molecule has 0 saturated heterocycles. The minimum atomic E-state index is -0.109. The van der Waals surface area contributed by atoms with E-state index < -0.39 is 0 Å². The number of benzene rings is 1. The van der Waals surface area contributed by atoms with Crippen LogP contribution in [0.5, 0.6) is 0 Å². The molecule has 4 rings (SSSR count). The van der Waals surface area contributed by atoms with Crippen molar-refractivity contribution in [1.29, 1.82) is 0 Å². The zero-order valence-corrected chi connectivity index (χ0v) is 16.9. The zero-order valence-electron chi connectivity index (χ0n) is 16.1. The van der Waals surface area contributed by atoms with Crippen LogP contribution in [0.25, 0.3) is 10.9 Å². The summed E-state index contributed by atoms with van der Waals surface area (Å²) in [5, 5.41) is 0.899. The van der Waals surface area contributed by atoms with Crippen LogP contribution >= 0.6 is 11.8 Å². The zero-order chi connectivity index (χ0) is 19.7. The van der Waals surface area contributed by atoms with Crippen molar-refractivity contribution < 1.29 is 4.79 Å². The molecule has 5 nitrogen and oxygen atoms in total. The van der Waals surface area contributed by atoms with Crippen LogP contribution in [0.15, 0.2) is 52.5 Å². The van der Waals surface area contributed by atoms with Gasteiger partial charge in [-0.25, -0.2) is 4.98 Å². The maximum atomic E-state index is 12.8. The molecule has 2 atom stereocenters. The second kappa shape index (κ2) is 8.03. The molecular weight excluding hydrogens is 370 g/mol. The maximum absolute atomic E-state index is 12.8. The van der Waals surface area contributed by atoms with Crippen LogP contribution in [0.2, 0.25) is 0 Å². The average Bonchev–Trinajstić information content (AvgIpc) is 3.16. The molecule has 0 radical (unpaired) electrons. The molecule has 1 saturated carbocycles. The van der Waals surface area contributed by atoms with Crippen LogP contribution in [0, 0.1) is 11.8 Å². The fraction of sp³-hybridized carbons (Fsp3) is 0.455. The molecule has 0 N–H and O–H groups in total. The Balaban J connectivity index is 1.36. The average molecular weight is 396 g/mol. The summed E-state index contributed by atoms with van der Waals surface area (Å²) in [6, 6.07) is 7.44. The van der Waals surface area contributed by atoms with Crippen molar-refractivity contribution in [3.63, 3.8) is 0 Å². The molecule has 0 bridgehead atoms. The van der Waals surface area contributed by atoms with Gasteiger partial charge in [0, 0.05) is 29.5 Å². The van der Waals surface area contributed by atoms with Crippen molar-refractivity contribution in [3.8, 4) is 0 Å². The number of rotatable bonds is 5. The van der Waals surface area contributed by atoms with Crippen LogP contribution in [0.3, 0.4) is 0 Å². The van der Waals surface area contributed by atoms with Gasteiger partial charge in [0.15, 0.2) is 5.78 Å². The lowest BCUT2D eigenvalue weighted by atomic mass is 9.78. The van der Waals surface area contributed by atoms with Crippen molar-refractivity contribution in [2.24, 2.45) is 16.8 Å². The molecule has 1 aliphatic carbocycles. The number of carbonyl (C=O) groups excluding carboxylic acids is 1. The minimum Gasteiger partial charge on any atom is -0.298 e. The summed E-state index contributed by atoms with van der Waals surface area (Å²) in [4.78, 5) is 34.3. The molecule has 2 unspecified atom stereocenters. The third kappa shape index (κ3) is 3.83. The van der Waals surface area contributed by atoms with Crippen LogP contribution in [0.4, 0.5) is 0 Å². The van der Waals surface area contributed by atoms with E-state index in [1.165, 1.54) is 0 Å². The third-order valence-corrected chi connectivity index (χ3v) is 7.01. The fourth-order valence-corrected chi connectivity index (χ4v) is 5.12. The molecule has 1 aromatic heterocycles. The van der Waals surface area contributed by atoms with Gasteiger partial charge in [0.05, 0.1) is 17.2 Å².